The number of hydrogen-bond acceptors (Lipinski definition) is 2. The van der Waals surface area contributed by atoms with Crippen LogP contribution in [-0.4, -0.2) is 12.6 Å². The molecular formula is C16H25NO. The van der Waals surface area contributed by atoms with Crippen LogP contribution in [0.3, 0.4) is 0 Å². The van der Waals surface area contributed by atoms with Gasteiger partial charge in [-0.3, -0.25) is 0 Å². The topological polar surface area (TPSA) is 21.3 Å². The minimum Gasteiger partial charge on any atom is -0.490 e. The number of hydrogen-bond donors (Lipinski definition) is 1. The lowest BCUT2D eigenvalue weighted by Gasteiger charge is -2.25. The lowest BCUT2D eigenvalue weighted by Crippen LogP contribution is -2.22. The summed E-state index contributed by atoms with van der Waals surface area (Å²) >= 11 is 0. The molecule has 1 aromatic carbocycles. The number of para-hydroxylation sites is 1. The molecule has 0 radical (unpaired) electrons. The standard InChI is InChI=1S/C16H25NO/c1-3-17-12-14-9-7-8-13(2)16(14)18-15-10-5-4-6-11-15/h7-9,15,17H,3-6,10-12H2,1-2H3. The van der Waals surface area contributed by atoms with Gasteiger partial charge in [-0.1, -0.05) is 31.5 Å². The van der Waals surface area contributed by atoms with Crippen LogP contribution in [0.1, 0.15) is 50.2 Å². The van der Waals surface area contributed by atoms with Crippen molar-refractivity contribution < 1.29 is 4.74 Å². The van der Waals surface area contributed by atoms with Crippen molar-refractivity contribution >= 4 is 0 Å². The predicted molar refractivity (Wildman–Crippen MR) is 76.1 cm³/mol. The van der Waals surface area contributed by atoms with E-state index in [0.29, 0.717) is 6.10 Å². The van der Waals surface area contributed by atoms with Crippen molar-refractivity contribution in [2.75, 3.05) is 6.54 Å². The molecule has 2 nitrogen and oxygen atoms in total. The lowest BCUT2D eigenvalue weighted by atomic mass is 9.97. The van der Waals surface area contributed by atoms with Crippen LogP contribution < -0.4 is 10.1 Å². The molecule has 2 heteroatoms. The van der Waals surface area contributed by atoms with Crippen LogP contribution in [0.5, 0.6) is 5.75 Å². The van der Waals surface area contributed by atoms with Gasteiger partial charge in [-0.2, -0.15) is 0 Å². The maximum atomic E-state index is 6.27. The molecule has 2 rings (SSSR count). The molecule has 0 aromatic heterocycles. The normalized spacial score (nSPS) is 16.8. The fraction of sp³-hybridized carbons (Fsp3) is 0.625. The average Bonchev–Trinajstić information content (AvgIpc) is 2.41. The first-order valence-corrected chi connectivity index (χ1v) is 7.27. The number of ether oxygens (including phenoxy) is 1. The second-order valence-electron chi connectivity index (χ2n) is 5.22. The molecule has 1 saturated carbocycles. The first kappa shape index (κ1) is 13.4. The van der Waals surface area contributed by atoms with Gasteiger partial charge in [0.15, 0.2) is 0 Å². The van der Waals surface area contributed by atoms with Crippen molar-refractivity contribution in [1.82, 2.24) is 5.32 Å². The third-order valence-electron chi connectivity index (χ3n) is 3.70. The molecule has 0 spiro atoms. The summed E-state index contributed by atoms with van der Waals surface area (Å²) in [6.45, 7) is 6.18. The summed E-state index contributed by atoms with van der Waals surface area (Å²) in [5.74, 6) is 1.12. The first-order chi connectivity index (χ1) is 8.81. The highest BCUT2D eigenvalue weighted by molar-refractivity contribution is 5.40. The van der Waals surface area contributed by atoms with Crippen molar-refractivity contribution in [2.24, 2.45) is 0 Å². The van der Waals surface area contributed by atoms with E-state index in [0.717, 1.165) is 18.8 Å². The highest BCUT2D eigenvalue weighted by Crippen LogP contribution is 2.28. The Bertz CT molecular complexity index is 369. The molecule has 0 heterocycles. The molecule has 0 atom stereocenters. The van der Waals surface area contributed by atoms with Crippen LogP contribution in [0, 0.1) is 6.92 Å². The van der Waals surface area contributed by atoms with Gasteiger partial charge in [0, 0.05) is 12.1 Å². The van der Waals surface area contributed by atoms with E-state index in [1.54, 1.807) is 0 Å². The maximum absolute atomic E-state index is 6.27. The third kappa shape index (κ3) is 3.49. The highest BCUT2D eigenvalue weighted by atomic mass is 16.5. The number of rotatable bonds is 5. The first-order valence-electron chi connectivity index (χ1n) is 7.27. The Morgan fingerprint density at radius 2 is 2.00 bits per heavy atom. The van der Waals surface area contributed by atoms with E-state index in [9.17, 15) is 0 Å². The van der Waals surface area contributed by atoms with Gasteiger partial charge in [0.2, 0.25) is 0 Å². The molecule has 1 aliphatic rings. The van der Waals surface area contributed by atoms with Crippen molar-refractivity contribution in [3.05, 3.63) is 29.3 Å². The molecule has 100 valence electrons. The van der Waals surface area contributed by atoms with E-state index < -0.39 is 0 Å². The van der Waals surface area contributed by atoms with Crippen molar-refractivity contribution in [2.45, 2.75) is 58.6 Å². The fourth-order valence-electron chi connectivity index (χ4n) is 2.63. The van der Waals surface area contributed by atoms with Gasteiger partial charge in [0.25, 0.3) is 0 Å². The lowest BCUT2D eigenvalue weighted by molar-refractivity contribution is 0.152. The minimum atomic E-state index is 0.431. The monoisotopic (exact) mass is 247 g/mol. The molecule has 1 aliphatic carbocycles. The molecule has 0 amide bonds. The van der Waals surface area contributed by atoms with Crippen LogP contribution >= 0.6 is 0 Å². The van der Waals surface area contributed by atoms with Crippen molar-refractivity contribution in [3.8, 4) is 5.75 Å². The molecule has 0 bridgehead atoms. The fourth-order valence-corrected chi connectivity index (χ4v) is 2.63. The summed E-state index contributed by atoms with van der Waals surface area (Å²) < 4.78 is 6.27. The second kappa shape index (κ2) is 6.79. The Kier molecular flexibility index (Phi) is 5.06. The van der Waals surface area contributed by atoms with Crippen molar-refractivity contribution in [1.29, 1.82) is 0 Å². The van der Waals surface area contributed by atoms with E-state index in [1.165, 1.54) is 43.2 Å². The zero-order chi connectivity index (χ0) is 12.8. The van der Waals surface area contributed by atoms with E-state index in [-0.39, 0.29) is 0 Å². The quantitative estimate of drug-likeness (QED) is 0.854. The van der Waals surface area contributed by atoms with Crippen LogP contribution in [0.2, 0.25) is 0 Å². The van der Waals surface area contributed by atoms with E-state index >= 15 is 0 Å². The molecule has 1 fully saturated rings. The number of nitrogens with one attached hydrogen (secondary N) is 1. The van der Waals surface area contributed by atoms with Gasteiger partial charge in [0.1, 0.15) is 5.75 Å². The molecule has 0 unspecified atom stereocenters. The number of benzene rings is 1. The van der Waals surface area contributed by atoms with Gasteiger partial charge < -0.3 is 10.1 Å². The Labute approximate surface area is 111 Å². The maximum Gasteiger partial charge on any atom is 0.127 e. The summed E-state index contributed by atoms with van der Waals surface area (Å²) in [6, 6.07) is 6.44. The summed E-state index contributed by atoms with van der Waals surface area (Å²) in [5.41, 5.74) is 2.55. The SMILES string of the molecule is CCNCc1cccc(C)c1OC1CCCCC1. The Morgan fingerprint density at radius 3 is 2.72 bits per heavy atom. The molecule has 1 N–H and O–H groups in total. The smallest absolute Gasteiger partial charge is 0.127 e. The van der Waals surface area contributed by atoms with Gasteiger partial charge in [-0.25, -0.2) is 0 Å². The predicted octanol–water partition coefficient (Wildman–Crippen LogP) is 3.82. The second-order valence-corrected chi connectivity index (χ2v) is 5.22. The minimum absolute atomic E-state index is 0.431. The summed E-state index contributed by atoms with van der Waals surface area (Å²) in [7, 11) is 0. The van der Waals surface area contributed by atoms with Gasteiger partial charge in [-0.15, -0.1) is 0 Å². The third-order valence-corrected chi connectivity index (χ3v) is 3.70. The average molecular weight is 247 g/mol. The highest BCUT2D eigenvalue weighted by Gasteiger charge is 2.17. The molecule has 18 heavy (non-hydrogen) atoms. The summed E-state index contributed by atoms with van der Waals surface area (Å²) in [4.78, 5) is 0. The van der Waals surface area contributed by atoms with Crippen molar-refractivity contribution in [3.63, 3.8) is 0 Å². The molecule has 0 aliphatic heterocycles. The van der Waals surface area contributed by atoms with E-state index in [2.05, 4.69) is 37.4 Å². The van der Waals surface area contributed by atoms with Crippen LogP contribution in [0.25, 0.3) is 0 Å². The van der Waals surface area contributed by atoms with Crippen LogP contribution in [0.4, 0.5) is 0 Å². The van der Waals surface area contributed by atoms with Gasteiger partial charge in [-0.05, 0) is 44.7 Å². The van der Waals surface area contributed by atoms with Gasteiger partial charge in [0.05, 0.1) is 6.10 Å². The molecule has 1 aromatic rings. The molecular weight excluding hydrogens is 222 g/mol. The van der Waals surface area contributed by atoms with E-state index in [1.807, 2.05) is 0 Å². The Morgan fingerprint density at radius 1 is 1.22 bits per heavy atom. The molecule has 0 saturated heterocycles. The number of aryl methyl sites for hydroxylation is 1. The zero-order valence-electron chi connectivity index (χ0n) is 11.7. The van der Waals surface area contributed by atoms with Crippen LogP contribution in [-0.2, 0) is 6.54 Å². The van der Waals surface area contributed by atoms with Crippen LogP contribution in [0.15, 0.2) is 18.2 Å². The summed E-state index contributed by atoms with van der Waals surface area (Å²) in [6.07, 6.45) is 6.88. The Balaban J connectivity index is 2.08. The summed E-state index contributed by atoms with van der Waals surface area (Å²) in [5, 5.41) is 3.39. The zero-order valence-corrected chi connectivity index (χ0v) is 11.7. The Hall–Kier alpha value is -1.02. The largest absolute Gasteiger partial charge is 0.490 e. The van der Waals surface area contributed by atoms with Gasteiger partial charge >= 0.3 is 0 Å². The van der Waals surface area contributed by atoms with E-state index in [4.69, 9.17) is 4.74 Å².